The molecule has 1 aliphatic rings. The fraction of sp³-hybridized carbons (Fsp3) is 0.562. The maximum absolute atomic E-state index is 12.5. The van der Waals surface area contributed by atoms with Gasteiger partial charge in [-0.05, 0) is 56.4 Å². The van der Waals surface area contributed by atoms with Gasteiger partial charge < -0.3 is 15.3 Å². The summed E-state index contributed by atoms with van der Waals surface area (Å²) in [6.45, 7) is 4.74. The van der Waals surface area contributed by atoms with E-state index in [9.17, 15) is 4.79 Å². The Balaban J connectivity index is 1.99. The van der Waals surface area contributed by atoms with Crippen molar-refractivity contribution in [1.82, 2.24) is 4.90 Å². The maximum atomic E-state index is 12.5. The standard InChI is InChI=1S/C16H24N2O2/c1-2-17-15-7-5-14(6-8-15)16(20)18-10-3-4-13(12-18)9-11-19/h5-8,13,17,19H,2-4,9-12H2,1H3. The minimum atomic E-state index is 0.107. The smallest absolute Gasteiger partial charge is 0.253 e. The zero-order valence-corrected chi connectivity index (χ0v) is 12.1. The molecule has 4 heteroatoms. The number of nitrogens with one attached hydrogen (secondary N) is 1. The number of aliphatic hydroxyl groups is 1. The van der Waals surface area contributed by atoms with Gasteiger partial charge in [0.1, 0.15) is 0 Å². The molecule has 1 atom stereocenters. The van der Waals surface area contributed by atoms with Crippen molar-refractivity contribution in [3.8, 4) is 0 Å². The molecule has 0 spiro atoms. The van der Waals surface area contributed by atoms with Crippen LogP contribution in [0.1, 0.15) is 36.5 Å². The molecule has 0 aliphatic carbocycles. The van der Waals surface area contributed by atoms with Gasteiger partial charge in [-0.2, -0.15) is 0 Å². The van der Waals surface area contributed by atoms with E-state index in [-0.39, 0.29) is 12.5 Å². The Morgan fingerprint density at radius 3 is 2.80 bits per heavy atom. The molecule has 0 saturated carbocycles. The van der Waals surface area contributed by atoms with Gasteiger partial charge in [0.2, 0.25) is 0 Å². The van der Waals surface area contributed by atoms with Crippen LogP contribution in [0.4, 0.5) is 5.69 Å². The quantitative estimate of drug-likeness (QED) is 0.868. The Morgan fingerprint density at radius 1 is 1.40 bits per heavy atom. The van der Waals surface area contributed by atoms with Crippen LogP contribution in [0.25, 0.3) is 0 Å². The highest BCUT2D eigenvalue weighted by Crippen LogP contribution is 2.21. The van der Waals surface area contributed by atoms with Crippen LogP contribution in [0.3, 0.4) is 0 Å². The Labute approximate surface area is 120 Å². The molecular weight excluding hydrogens is 252 g/mol. The Hall–Kier alpha value is -1.55. The average molecular weight is 276 g/mol. The number of anilines is 1. The summed E-state index contributed by atoms with van der Waals surface area (Å²) in [6.07, 6.45) is 2.94. The molecule has 1 aromatic carbocycles. The molecule has 1 aromatic rings. The molecule has 1 unspecified atom stereocenters. The molecule has 1 saturated heterocycles. The lowest BCUT2D eigenvalue weighted by Crippen LogP contribution is -2.40. The maximum Gasteiger partial charge on any atom is 0.253 e. The lowest BCUT2D eigenvalue weighted by Gasteiger charge is -2.32. The molecule has 4 nitrogen and oxygen atoms in total. The van der Waals surface area contributed by atoms with Crippen molar-refractivity contribution in [3.05, 3.63) is 29.8 Å². The van der Waals surface area contributed by atoms with Crippen LogP contribution in [0, 0.1) is 5.92 Å². The number of aliphatic hydroxyl groups excluding tert-OH is 1. The third-order valence-corrected chi connectivity index (χ3v) is 3.86. The van der Waals surface area contributed by atoms with Crippen molar-refractivity contribution >= 4 is 11.6 Å². The van der Waals surface area contributed by atoms with E-state index in [1.165, 1.54) is 0 Å². The van der Waals surface area contributed by atoms with E-state index >= 15 is 0 Å². The third kappa shape index (κ3) is 3.73. The van der Waals surface area contributed by atoms with Crippen LogP contribution in [-0.4, -0.2) is 42.2 Å². The third-order valence-electron chi connectivity index (χ3n) is 3.86. The minimum Gasteiger partial charge on any atom is -0.396 e. The van der Waals surface area contributed by atoms with Gasteiger partial charge in [0, 0.05) is 37.5 Å². The van der Waals surface area contributed by atoms with E-state index < -0.39 is 0 Å². The van der Waals surface area contributed by atoms with Gasteiger partial charge in [0.25, 0.3) is 5.91 Å². The first-order valence-electron chi connectivity index (χ1n) is 7.48. The van der Waals surface area contributed by atoms with Crippen LogP contribution in [0.15, 0.2) is 24.3 Å². The van der Waals surface area contributed by atoms with Crippen molar-refractivity contribution in [2.24, 2.45) is 5.92 Å². The molecule has 110 valence electrons. The summed E-state index contributed by atoms with van der Waals surface area (Å²) in [5.41, 5.74) is 1.79. The van der Waals surface area contributed by atoms with Crippen LogP contribution < -0.4 is 5.32 Å². The summed E-state index contributed by atoms with van der Waals surface area (Å²) in [5.74, 6) is 0.550. The van der Waals surface area contributed by atoms with Gasteiger partial charge in [0.05, 0.1) is 0 Å². The molecule has 2 rings (SSSR count). The molecule has 20 heavy (non-hydrogen) atoms. The lowest BCUT2D eigenvalue weighted by atomic mass is 9.94. The monoisotopic (exact) mass is 276 g/mol. The topological polar surface area (TPSA) is 52.6 Å². The van der Waals surface area contributed by atoms with Crippen LogP contribution in [0.2, 0.25) is 0 Å². The number of piperidine rings is 1. The summed E-state index contributed by atoms with van der Waals surface area (Å²) in [4.78, 5) is 14.4. The number of hydrogen-bond donors (Lipinski definition) is 2. The molecule has 0 aromatic heterocycles. The first kappa shape index (κ1) is 14.9. The zero-order valence-electron chi connectivity index (χ0n) is 12.1. The predicted octanol–water partition coefficient (Wildman–Crippen LogP) is 2.35. The highest BCUT2D eigenvalue weighted by molar-refractivity contribution is 5.94. The molecule has 0 radical (unpaired) electrons. The normalized spacial score (nSPS) is 18.9. The molecular formula is C16H24N2O2. The summed E-state index contributed by atoms with van der Waals surface area (Å²) in [7, 11) is 0. The van der Waals surface area contributed by atoms with Gasteiger partial charge >= 0.3 is 0 Å². The average Bonchev–Trinajstić information content (AvgIpc) is 2.48. The second-order valence-corrected chi connectivity index (χ2v) is 5.38. The number of benzene rings is 1. The van der Waals surface area contributed by atoms with Gasteiger partial charge in [-0.1, -0.05) is 0 Å². The van der Waals surface area contributed by atoms with Crippen LogP contribution in [0.5, 0.6) is 0 Å². The second kappa shape index (κ2) is 7.29. The molecule has 1 heterocycles. The van der Waals surface area contributed by atoms with E-state index in [2.05, 4.69) is 5.32 Å². The fourth-order valence-corrected chi connectivity index (χ4v) is 2.79. The number of rotatable bonds is 5. The zero-order chi connectivity index (χ0) is 14.4. The van der Waals surface area contributed by atoms with Gasteiger partial charge in [-0.15, -0.1) is 0 Å². The number of carbonyl (C=O) groups is 1. The first-order valence-corrected chi connectivity index (χ1v) is 7.48. The molecule has 1 aliphatic heterocycles. The fourth-order valence-electron chi connectivity index (χ4n) is 2.79. The van der Waals surface area contributed by atoms with Crippen molar-refractivity contribution in [3.63, 3.8) is 0 Å². The predicted molar refractivity (Wildman–Crippen MR) is 80.9 cm³/mol. The molecule has 1 amide bonds. The Bertz CT molecular complexity index is 429. The number of hydrogen-bond acceptors (Lipinski definition) is 3. The number of amides is 1. The Morgan fingerprint density at radius 2 is 2.15 bits per heavy atom. The van der Waals surface area contributed by atoms with E-state index in [0.717, 1.165) is 50.1 Å². The SMILES string of the molecule is CCNc1ccc(C(=O)N2CCCC(CCO)C2)cc1. The summed E-state index contributed by atoms with van der Waals surface area (Å²) in [6, 6.07) is 7.67. The number of nitrogens with zero attached hydrogens (tertiary/aromatic N) is 1. The highest BCUT2D eigenvalue weighted by Gasteiger charge is 2.23. The summed E-state index contributed by atoms with van der Waals surface area (Å²) in [5, 5.41) is 12.3. The molecule has 2 N–H and O–H groups in total. The van der Waals surface area contributed by atoms with Crippen molar-refractivity contribution in [2.75, 3.05) is 31.6 Å². The van der Waals surface area contributed by atoms with Crippen molar-refractivity contribution in [1.29, 1.82) is 0 Å². The number of likely N-dealkylation sites (tertiary alicyclic amines) is 1. The number of carbonyl (C=O) groups excluding carboxylic acids is 1. The van der Waals surface area contributed by atoms with Crippen molar-refractivity contribution < 1.29 is 9.90 Å². The Kier molecular flexibility index (Phi) is 5.41. The summed E-state index contributed by atoms with van der Waals surface area (Å²) >= 11 is 0. The van der Waals surface area contributed by atoms with Crippen molar-refractivity contribution in [2.45, 2.75) is 26.2 Å². The van der Waals surface area contributed by atoms with Crippen LogP contribution >= 0.6 is 0 Å². The van der Waals surface area contributed by atoms with E-state index in [1.54, 1.807) is 0 Å². The summed E-state index contributed by atoms with van der Waals surface area (Å²) < 4.78 is 0. The van der Waals surface area contributed by atoms with E-state index in [4.69, 9.17) is 5.11 Å². The first-order chi connectivity index (χ1) is 9.74. The van der Waals surface area contributed by atoms with Gasteiger partial charge in [0.15, 0.2) is 0 Å². The van der Waals surface area contributed by atoms with Gasteiger partial charge in [-0.25, -0.2) is 0 Å². The van der Waals surface area contributed by atoms with Crippen LogP contribution in [-0.2, 0) is 0 Å². The molecule has 0 bridgehead atoms. The largest absolute Gasteiger partial charge is 0.396 e. The highest BCUT2D eigenvalue weighted by atomic mass is 16.3. The minimum absolute atomic E-state index is 0.107. The lowest BCUT2D eigenvalue weighted by molar-refractivity contribution is 0.0653. The van der Waals surface area contributed by atoms with E-state index in [0.29, 0.717) is 5.92 Å². The van der Waals surface area contributed by atoms with E-state index in [1.807, 2.05) is 36.1 Å². The second-order valence-electron chi connectivity index (χ2n) is 5.38. The van der Waals surface area contributed by atoms with Gasteiger partial charge in [-0.3, -0.25) is 4.79 Å². The molecule has 1 fully saturated rings.